The maximum absolute atomic E-state index is 11.0. The van der Waals surface area contributed by atoms with E-state index in [-0.39, 0.29) is 16.9 Å². The number of benzene rings is 6. The van der Waals surface area contributed by atoms with E-state index in [1.807, 2.05) is 64.1 Å². The van der Waals surface area contributed by atoms with Crippen molar-refractivity contribution < 1.29 is 33.5 Å². The minimum atomic E-state index is 0.164. The summed E-state index contributed by atoms with van der Waals surface area (Å²) in [5.41, 5.74) is 11.8. The van der Waals surface area contributed by atoms with Gasteiger partial charge in [0.1, 0.15) is 0 Å². The first-order valence-electron chi connectivity index (χ1n) is 21.4. The zero-order chi connectivity index (χ0) is 43.4. The molecule has 0 saturated heterocycles. The topological polar surface area (TPSA) is 46.1 Å². The molecule has 0 N–H and O–H groups in total. The van der Waals surface area contributed by atoms with Crippen LogP contribution in [-0.4, -0.2) is 5.43 Å². The summed E-state index contributed by atoms with van der Waals surface area (Å²) in [7, 11) is 0. The Morgan fingerprint density at radius 3 is 1.08 bits per heavy atom. The Morgan fingerprint density at radius 2 is 0.783 bits per heavy atom. The number of fused-ring (bicyclic) bond motifs is 2. The second-order valence-corrected chi connectivity index (χ2v) is 25.1. The van der Waals surface area contributed by atoms with Crippen molar-refractivity contribution in [3.05, 3.63) is 191 Å². The minimum absolute atomic E-state index is 0.164. The van der Waals surface area contributed by atoms with Crippen LogP contribution in [0.25, 0.3) is 43.8 Å². The van der Waals surface area contributed by atoms with Gasteiger partial charge in [-0.15, -0.1) is 80.6 Å². The number of aryl methyl sites for hydroxylation is 6. The largest absolute Gasteiger partial charge is 0.872 e. The first-order valence-corrected chi connectivity index (χ1v) is 27.6. The standard InChI is InChI=1S/2C19H19.2C8H10O.C2H6Si.Zr/c2*1-2-3-8-15-13-17-11-7-12-18(19(17)14-15)16-9-5-4-6-10-16;2*1-6-4-3-5-7(2)8(6)9;1-3-2;/h2*4-7,9-14H,2-3,8H2,1H3;2*3-5,9H,1-2H3;1-2H3;/q2*-1;;;;+2/p-2. The average Bonchev–Trinajstić information content (AvgIpc) is 3.88. The van der Waals surface area contributed by atoms with Crippen LogP contribution in [0.2, 0.25) is 13.1 Å². The van der Waals surface area contributed by atoms with Crippen LogP contribution in [0.5, 0.6) is 11.5 Å². The predicted octanol–water partition coefficient (Wildman–Crippen LogP) is 14.7. The van der Waals surface area contributed by atoms with E-state index in [0.717, 1.165) is 22.3 Å². The van der Waals surface area contributed by atoms with Gasteiger partial charge in [-0.2, -0.15) is 12.1 Å². The molecule has 8 aromatic rings. The van der Waals surface area contributed by atoms with Crippen molar-refractivity contribution in [1.82, 2.24) is 0 Å². The summed E-state index contributed by atoms with van der Waals surface area (Å²) in [6, 6.07) is 55.1. The molecule has 0 radical (unpaired) electrons. The van der Waals surface area contributed by atoms with E-state index in [9.17, 15) is 10.2 Å². The second-order valence-electron chi connectivity index (χ2n) is 15.7. The Bertz CT molecular complexity index is 2290. The van der Waals surface area contributed by atoms with Crippen molar-refractivity contribution in [2.75, 3.05) is 0 Å². The molecule has 0 aliphatic heterocycles. The summed E-state index contributed by atoms with van der Waals surface area (Å²) < 4.78 is 0. The first kappa shape index (κ1) is 47.9. The third-order valence-electron chi connectivity index (χ3n) is 10.2. The number of hydrogen-bond acceptors (Lipinski definition) is 2. The average molecular weight is 886 g/mol. The fourth-order valence-electron chi connectivity index (χ4n) is 6.98. The number of rotatable bonds is 8. The van der Waals surface area contributed by atoms with Gasteiger partial charge in [-0.3, -0.25) is 0 Å². The molecule has 2 nitrogen and oxygen atoms in total. The third-order valence-corrected chi connectivity index (χ3v) is 10.2. The fourth-order valence-corrected chi connectivity index (χ4v) is 6.98. The molecule has 8 rings (SSSR count). The van der Waals surface area contributed by atoms with Crippen LogP contribution in [0.3, 0.4) is 0 Å². The maximum atomic E-state index is 11.0. The van der Waals surface area contributed by atoms with Gasteiger partial charge >= 0.3 is 41.9 Å². The van der Waals surface area contributed by atoms with Crippen LogP contribution in [0.4, 0.5) is 0 Å². The van der Waals surface area contributed by atoms with Gasteiger partial charge < -0.3 is 10.2 Å². The summed E-state index contributed by atoms with van der Waals surface area (Å²) in [6.45, 7) is 16.4. The summed E-state index contributed by atoms with van der Waals surface area (Å²) in [5, 5.41) is 27.5. The van der Waals surface area contributed by atoms with Crippen molar-refractivity contribution in [2.45, 2.75) is 93.2 Å². The molecule has 0 heterocycles. The van der Waals surface area contributed by atoms with Crippen LogP contribution < -0.4 is 10.2 Å². The van der Waals surface area contributed by atoms with E-state index in [1.165, 1.54) is 93.5 Å². The normalized spacial score (nSPS) is 10.3. The molecule has 0 spiro atoms. The van der Waals surface area contributed by atoms with E-state index in [1.54, 1.807) is 23.3 Å². The third kappa shape index (κ3) is 14.8. The molecule has 0 aliphatic rings. The van der Waals surface area contributed by atoms with Crippen LogP contribution >= 0.6 is 0 Å². The molecule has 0 bridgehead atoms. The zero-order valence-electron chi connectivity index (χ0n) is 37.1. The van der Waals surface area contributed by atoms with E-state index < -0.39 is 0 Å². The summed E-state index contributed by atoms with van der Waals surface area (Å²) >= 11 is 1.74. The number of unbranched alkanes of at least 4 members (excludes halogenated alkanes) is 2. The first-order chi connectivity index (χ1) is 28.9. The van der Waals surface area contributed by atoms with Crippen molar-refractivity contribution >= 4 is 27.0 Å². The van der Waals surface area contributed by atoms with Crippen molar-refractivity contribution in [1.29, 1.82) is 0 Å². The zero-order valence-corrected chi connectivity index (χ0v) is 40.5. The van der Waals surface area contributed by atoms with Crippen LogP contribution in [0.15, 0.2) is 158 Å². The smallest absolute Gasteiger partial charge is 0.0404 e. The number of hydrogen-bond donors (Lipinski definition) is 0. The molecular weight excluding hydrogens is 824 g/mol. The van der Waals surface area contributed by atoms with Gasteiger partial charge in [0.25, 0.3) is 0 Å². The molecule has 0 aliphatic carbocycles. The quantitative estimate of drug-likeness (QED) is 0.113. The molecule has 0 fully saturated rings. The Morgan fingerprint density at radius 1 is 0.467 bits per heavy atom. The van der Waals surface area contributed by atoms with Crippen LogP contribution in [-0.2, 0) is 36.2 Å². The number of para-hydroxylation sites is 2. The van der Waals surface area contributed by atoms with Crippen molar-refractivity contribution in [3.63, 3.8) is 0 Å². The summed E-state index contributed by atoms with van der Waals surface area (Å²) in [5.74, 6) is 0.329. The molecule has 0 unspecified atom stereocenters. The molecule has 8 aromatic carbocycles. The Hall–Kier alpha value is -4.76. The Kier molecular flexibility index (Phi) is 20.1. The molecular formula is C56H62O2SiZr-2. The molecule has 0 saturated carbocycles. The van der Waals surface area contributed by atoms with Crippen LogP contribution in [0.1, 0.15) is 72.9 Å². The van der Waals surface area contributed by atoms with Gasteiger partial charge in [0, 0.05) is 0 Å². The summed E-state index contributed by atoms with van der Waals surface area (Å²) in [4.78, 5) is 0. The minimum Gasteiger partial charge on any atom is -0.872 e. The van der Waals surface area contributed by atoms with Crippen molar-refractivity contribution in [3.8, 4) is 33.8 Å². The molecule has 60 heavy (non-hydrogen) atoms. The molecule has 0 aromatic heterocycles. The van der Waals surface area contributed by atoms with Gasteiger partial charge in [0.05, 0.1) is 0 Å². The molecule has 0 amide bonds. The van der Waals surface area contributed by atoms with E-state index in [0.29, 0.717) is 0 Å². The van der Waals surface area contributed by atoms with E-state index in [4.69, 9.17) is 0 Å². The van der Waals surface area contributed by atoms with E-state index >= 15 is 0 Å². The summed E-state index contributed by atoms with van der Waals surface area (Å²) in [6.07, 6.45) is 7.45. The van der Waals surface area contributed by atoms with Crippen molar-refractivity contribution in [2.24, 2.45) is 0 Å². The van der Waals surface area contributed by atoms with Crippen LogP contribution in [0, 0.1) is 27.7 Å². The second kappa shape index (κ2) is 25.1. The van der Waals surface area contributed by atoms with Gasteiger partial charge in [-0.1, -0.05) is 182 Å². The van der Waals surface area contributed by atoms with Gasteiger partial charge in [-0.25, -0.2) is 0 Å². The fraction of sp³-hybridized carbons (Fsp3) is 0.250. The van der Waals surface area contributed by atoms with Gasteiger partial charge in [0.15, 0.2) is 0 Å². The molecule has 308 valence electrons. The predicted molar refractivity (Wildman–Crippen MR) is 255 cm³/mol. The maximum Gasteiger partial charge on any atom is -0.0404 e. The Balaban J connectivity index is 0.000000180. The Labute approximate surface area is 376 Å². The van der Waals surface area contributed by atoms with Gasteiger partial charge in [-0.05, 0) is 51.7 Å². The molecule has 4 heteroatoms. The van der Waals surface area contributed by atoms with E-state index in [2.05, 4.69) is 148 Å². The van der Waals surface area contributed by atoms with Gasteiger partial charge in [0.2, 0.25) is 0 Å². The monoisotopic (exact) mass is 884 g/mol. The SMILES string of the molecule is CCCCc1cc2c(-c3ccccc3)cccc2[cH-]1.CCCCc1cc2c(-c3ccccc3)cccc2[cH-]1.C[Si](C)=[Zr+2].Cc1cccc(C)c1[O-].Cc1cccc(C)c1[O-]. The molecule has 0 atom stereocenters.